The molecule has 1 amide bonds. The van der Waals surface area contributed by atoms with E-state index in [1.54, 1.807) is 12.1 Å². The Kier molecular flexibility index (Phi) is 4.88. The van der Waals surface area contributed by atoms with Gasteiger partial charge in [-0.15, -0.1) is 0 Å². The molecule has 1 N–H and O–H groups in total. The first kappa shape index (κ1) is 16.8. The molecule has 0 saturated carbocycles. The number of carbonyl (C=O) groups is 2. The number of alkyl carbamates (subject to hydrolysis) is 1. The second-order valence-corrected chi connectivity index (χ2v) is 5.68. The number of carbonyl (C=O) groups excluding carboxylic acids is 2. The number of hydrogen-bond donors (Lipinski definition) is 1. The average Bonchev–Trinajstić information content (AvgIpc) is 2.95. The Morgan fingerprint density at radius 1 is 1.16 bits per heavy atom. The average molecular weight is 341 g/mol. The first-order valence-electron chi connectivity index (χ1n) is 7.88. The van der Waals surface area contributed by atoms with Crippen LogP contribution < -0.4 is 14.8 Å². The van der Waals surface area contributed by atoms with Gasteiger partial charge in [0.1, 0.15) is 18.1 Å². The molecule has 130 valence electrons. The molecule has 2 aromatic carbocycles. The van der Waals surface area contributed by atoms with Gasteiger partial charge in [-0.3, -0.25) is 4.79 Å². The first-order valence-corrected chi connectivity index (χ1v) is 7.88. The largest absolute Gasteiger partial charge is 0.497 e. The Hall–Kier alpha value is -3.02. The molecule has 0 bridgehead atoms. The van der Waals surface area contributed by atoms with Gasteiger partial charge in [-0.25, -0.2) is 4.79 Å². The smallest absolute Gasteiger partial charge is 0.407 e. The van der Waals surface area contributed by atoms with Gasteiger partial charge in [0.2, 0.25) is 0 Å². The summed E-state index contributed by atoms with van der Waals surface area (Å²) in [4.78, 5) is 24.4. The molecule has 0 fully saturated rings. The van der Waals surface area contributed by atoms with E-state index < -0.39 is 12.1 Å². The lowest BCUT2D eigenvalue weighted by molar-refractivity contribution is 0.0980. The van der Waals surface area contributed by atoms with Crippen molar-refractivity contribution in [2.75, 3.05) is 14.2 Å². The van der Waals surface area contributed by atoms with Gasteiger partial charge in [0, 0.05) is 12.5 Å². The summed E-state index contributed by atoms with van der Waals surface area (Å²) >= 11 is 0. The maximum Gasteiger partial charge on any atom is 0.407 e. The molecule has 0 radical (unpaired) electrons. The van der Waals surface area contributed by atoms with Gasteiger partial charge in [-0.1, -0.05) is 30.3 Å². The predicted molar refractivity (Wildman–Crippen MR) is 91.0 cm³/mol. The van der Waals surface area contributed by atoms with Crippen molar-refractivity contribution >= 4 is 11.9 Å². The van der Waals surface area contributed by atoms with Crippen LogP contribution in [0.2, 0.25) is 0 Å². The second-order valence-electron chi connectivity index (χ2n) is 5.68. The van der Waals surface area contributed by atoms with E-state index in [2.05, 4.69) is 5.32 Å². The summed E-state index contributed by atoms with van der Waals surface area (Å²) in [5, 5.41) is 2.75. The highest BCUT2D eigenvalue weighted by atomic mass is 16.5. The summed E-state index contributed by atoms with van der Waals surface area (Å²) in [6.07, 6.45) is -0.407. The Morgan fingerprint density at radius 3 is 2.60 bits per heavy atom. The fourth-order valence-electron chi connectivity index (χ4n) is 2.90. The van der Waals surface area contributed by atoms with Crippen LogP contribution in [0.15, 0.2) is 42.5 Å². The quantitative estimate of drug-likeness (QED) is 0.903. The first-order chi connectivity index (χ1) is 12.1. The number of amides is 1. The minimum atomic E-state index is -0.573. The summed E-state index contributed by atoms with van der Waals surface area (Å²) in [7, 11) is 3.03. The van der Waals surface area contributed by atoms with E-state index in [0.29, 0.717) is 22.6 Å². The maximum atomic E-state index is 12.3. The highest BCUT2D eigenvalue weighted by molar-refractivity contribution is 6.04. The normalized spacial score (nSPS) is 15.4. The van der Waals surface area contributed by atoms with E-state index in [1.165, 1.54) is 14.2 Å². The molecule has 6 heteroatoms. The van der Waals surface area contributed by atoms with Gasteiger partial charge < -0.3 is 19.5 Å². The third kappa shape index (κ3) is 3.57. The van der Waals surface area contributed by atoms with Crippen molar-refractivity contribution in [3.8, 4) is 11.5 Å². The van der Waals surface area contributed by atoms with Crippen LogP contribution in [0.4, 0.5) is 4.79 Å². The summed E-state index contributed by atoms with van der Waals surface area (Å²) in [6.45, 7) is 0.168. The van der Waals surface area contributed by atoms with E-state index in [-0.39, 0.29) is 18.8 Å². The molecule has 2 aromatic rings. The number of ether oxygens (including phenoxy) is 3. The summed E-state index contributed by atoms with van der Waals surface area (Å²) in [5.41, 5.74) is 2.05. The van der Waals surface area contributed by atoms with Crippen molar-refractivity contribution in [2.24, 2.45) is 0 Å². The highest BCUT2D eigenvalue weighted by Gasteiger charge is 2.34. The van der Waals surface area contributed by atoms with Gasteiger partial charge in [0.15, 0.2) is 5.78 Å². The Balaban J connectivity index is 1.73. The molecule has 0 heterocycles. The van der Waals surface area contributed by atoms with Crippen molar-refractivity contribution in [1.29, 1.82) is 0 Å². The number of Topliss-reactive ketones (excluding diaryl/α,β-unsaturated/α-hetero) is 1. The third-order valence-electron chi connectivity index (χ3n) is 4.11. The molecule has 0 spiro atoms. The van der Waals surface area contributed by atoms with E-state index in [1.807, 2.05) is 30.3 Å². The van der Waals surface area contributed by atoms with Gasteiger partial charge in [-0.05, 0) is 17.2 Å². The molecular weight excluding hydrogens is 322 g/mol. The maximum absolute atomic E-state index is 12.3. The lowest BCUT2D eigenvalue weighted by Gasteiger charge is -2.15. The van der Waals surface area contributed by atoms with Crippen molar-refractivity contribution < 1.29 is 23.8 Å². The number of methoxy groups -OCH3 is 2. The fraction of sp³-hybridized carbons (Fsp3) is 0.263. The van der Waals surface area contributed by atoms with Crippen molar-refractivity contribution in [3.63, 3.8) is 0 Å². The Labute approximate surface area is 145 Å². The van der Waals surface area contributed by atoms with Gasteiger partial charge >= 0.3 is 6.09 Å². The lowest BCUT2D eigenvalue weighted by atomic mass is 10.1. The molecule has 1 atom stereocenters. The topological polar surface area (TPSA) is 73.9 Å². The van der Waals surface area contributed by atoms with Gasteiger partial charge in [0.05, 0.1) is 25.8 Å². The minimum absolute atomic E-state index is 0.0807. The standard InChI is InChI=1S/C19H19NO5/c1-23-13-8-14-15(10-16(21)18(14)17(9-13)24-2)20-19(22)25-11-12-6-4-3-5-7-12/h3-9,15H,10-11H2,1-2H3,(H,20,22). The third-order valence-corrected chi connectivity index (χ3v) is 4.11. The Morgan fingerprint density at radius 2 is 1.92 bits per heavy atom. The van der Waals surface area contributed by atoms with Crippen LogP contribution in [-0.2, 0) is 11.3 Å². The van der Waals surface area contributed by atoms with Crippen molar-refractivity contribution in [1.82, 2.24) is 5.32 Å². The molecule has 0 saturated heterocycles. The molecule has 3 rings (SSSR count). The van der Waals surface area contributed by atoms with Crippen LogP contribution in [0.3, 0.4) is 0 Å². The highest BCUT2D eigenvalue weighted by Crippen LogP contribution is 2.40. The molecule has 6 nitrogen and oxygen atoms in total. The molecule has 25 heavy (non-hydrogen) atoms. The number of benzene rings is 2. The van der Waals surface area contributed by atoms with Crippen LogP contribution in [0.5, 0.6) is 11.5 Å². The van der Waals surface area contributed by atoms with Crippen LogP contribution >= 0.6 is 0 Å². The van der Waals surface area contributed by atoms with E-state index in [0.717, 1.165) is 5.56 Å². The number of rotatable bonds is 5. The predicted octanol–water partition coefficient (Wildman–Crippen LogP) is 3.26. The molecular formula is C19H19NO5. The van der Waals surface area contributed by atoms with Gasteiger partial charge in [-0.2, -0.15) is 0 Å². The number of fused-ring (bicyclic) bond motifs is 1. The van der Waals surface area contributed by atoms with E-state index in [4.69, 9.17) is 14.2 Å². The second kappa shape index (κ2) is 7.25. The lowest BCUT2D eigenvalue weighted by Crippen LogP contribution is -2.28. The molecule has 1 unspecified atom stereocenters. The SMILES string of the molecule is COc1cc(OC)c2c(c1)C(NC(=O)OCc1ccccc1)CC2=O. The van der Waals surface area contributed by atoms with Crippen LogP contribution in [0.1, 0.15) is 33.9 Å². The van der Waals surface area contributed by atoms with Crippen molar-refractivity contribution in [3.05, 3.63) is 59.2 Å². The molecule has 0 aromatic heterocycles. The monoisotopic (exact) mass is 341 g/mol. The molecule has 1 aliphatic carbocycles. The van der Waals surface area contributed by atoms with Gasteiger partial charge in [0.25, 0.3) is 0 Å². The fourth-order valence-corrected chi connectivity index (χ4v) is 2.90. The van der Waals surface area contributed by atoms with E-state index >= 15 is 0 Å². The van der Waals surface area contributed by atoms with Crippen LogP contribution in [0.25, 0.3) is 0 Å². The summed E-state index contributed by atoms with van der Waals surface area (Å²) in [5.74, 6) is 0.930. The molecule has 0 aliphatic heterocycles. The zero-order valence-corrected chi connectivity index (χ0v) is 14.1. The van der Waals surface area contributed by atoms with Crippen molar-refractivity contribution in [2.45, 2.75) is 19.1 Å². The number of nitrogens with one attached hydrogen (secondary N) is 1. The Bertz CT molecular complexity index is 788. The number of ketones is 1. The minimum Gasteiger partial charge on any atom is -0.497 e. The van der Waals surface area contributed by atoms with Crippen LogP contribution in [-0.4, -0.2) is 26.1 Å². The van der Waals surface area contributed by atoms with Crippen LogP contribution in [0, 0.1) is 0 Å². The van der Waals surface area contributed by atoms with E-state index in [9.17, 15) is 9.59 Å². The zero-order valence-electron chi connectivity index (χ0n) is 14.1. The number of hydrogen-bond acceptors (Lipinski definition) is 5. The summed E-state index contributed by atoms with van der Waals surface area (Å²) in [6, 6.07) is 12.3. The summed E-state index contributed by atoms with van der Waals surface area (Å²) < 4.78 is 15.8. The zero-order chi connectivity index (χ0) is 17.8. The molecule has 1 aliphatic rings.